The zero-order valence-corrected chi connectivity index (χ0v) is 18.2. The van der Waals surface area contributed by atoms with Gasteiger partial charge in [-0.25, -0.2) is 4.98 Å². The number of hydrogen-bond acceptors (Lipinski definition) is 2. The molecule has 0 bridgehead atoms. The SMILES string of the molecule is Cc1nc(C(F)(F)F)n2c1[C@@]13c4cc(F)nc(F)c4-c4cccc([n+]41)C(C)(C)c1cccc-2[n+]13. The summed E-state index contributed by atoms with van der Waals surface area (Å²) in [7, 11) is 0. The van der Waals surface area contributed by atoms with Crippen LogP contribution in [0, 0.1) is 18.8 Å². The molecule has 1 atom stereocenters. The molecule has 0 N–H and O–H groups in total. The summed E-state index contributed by atoms with van der Waals surface area (Å²) in [5.74, 6) is -2.90. The third-order valence-electron chi connectivity index (χ3n) is 7.33. The standard InChI is InChI=1S/C24H16F5N5/c1-11-19-23-12-10-16(25)31-20(26)18(12)13-6-4-7-14(33(13)23)22(2,3)15-8-5-9-17(34(15)23)32(19)21(30-11)24(27,28)29/h4-10H,1-3H3/q+2/t23-/m0/s1. The normalized spacial score (nSPS) is 20.1. The molecule has 0 unspecified atom stereocenters. The van der Waals surface area contributed by atoms with E-state index in [0.29, 0.717) is 11.4 Å². The van der Waals surface area contributed by atoms with E-state index in [4.69, 9.17) is 0 Å². The number of pyridine rings is 3. The van der Waals surface area contributed by atoms with Crippen molar-refractivity contribution in [3.63, 3.8) is 0 Å². The van der Waals surface area contributed by atoms with E-state index in [1.807, 2.05) is 30.5 Å². The van der Waals surface area contributed by atoms with Crippen LogP contribution in [0.5, 0.6) is 0 Å². The molecule has 10 heteroatoms. The number of halogens is 5. The van der Waals surface area contributed by atoms with Crippen molar-refractivity contribution in [1.29, 1.82) is 0 Å². The summed E-state index contributed by atoms with van der Waals surface area (Å²) < 4.78 is 77.1. The average molecular weight is 469 g/mol. The van der Waals surface area contributed by atoms with Crippen LogP contribution >= 0.6 is 0 Å². The lowest BCUT2D eigenvalue weighted by Gasteiger charge is -2.33. The van der Waals surface area contributed by atoms with E-state index in [1.165, 1.54) is 6.92 Å². The van der Waals surface area contributed by atoms with Crippen LogP contribution in [0.25, 0.3) is 17.1 Å². The summed E-state index contributed by atoms with van der Waals surface area (Å²) in [4.78, 5) is 7.31. The highest BCUT2D eigenvalue weighted by molar-refractivity contribution is 5.68. The van der Waals surface area contributed by atoms with Crippen molar-refractivity contribution >= 4 is 0 Å². The minimum Gasteiger partial charge on any atom is -0.205 e. The molecule has 34 heavy (non-hydrogen) atoms. The second-order valence-corrected chi connectivity index (χ2v) is 9.39. The number of nitrogens with zero attached hydrogens (tertiary/aromatic N) is 5. The Morgan fingerprint density at radius 2 is 1.62 bits per heavy atom. The highest BCUT2D eigenvalue weighted by atomic mass is 19.4. The highest BCUT2D eigenvalue weighted by Crippen LogP contribution is 2.51. The van der Waals surface area contributed by atoms with Gasteiger partial charge in [0.15, 0.2) is 0 Å². The molecule has 0 amide bonds. The topological polar surface area (TPSA) is 38.5 Å². The van der Waals surface area contributed by atoms with Gasteiger partial charge in [-0.05, 0) is 32.9 Å². The molecule has 170 valence electrons. The van der Waals surface area contributed by atoms with Gasteiger partial charge in [0.05, 0.1) is 5.69 Å². The molecule has 0 radical (unpaired) electrons. The molecule has 4 aromatic rings. The monoisotopic (exact) mass is 469 g/mol. The van der Waals surface area contributed by atoms with E-state index < -0.39 is 35.0 Å². The maximum absolute atomic E-state index is 15.3. The molecule has 0 fully saturated rings. The molecule has 4 aromatic heterocycles. The Morgan fingerprint density at radius 1 is 0.941 bits per heavy atom. The molecular weight excluding hydrogens is 453 g/mol. The third-order valence-corrected chi connectivity index (χ3v) is 7.33. The fourth-order valence-electron chi connectivity index (χ4n) is 6.21. The van der Waals surface area contributed by atoms with Crippen molar-refractivity contribution in [2.75, 3.05) is 0 Å². The van der Waals surface area contributed by atoms with E-state index in [-0.39, 0.29) is 28.3 Å². The lowest BCUT2D eigenvalue weighted by Crippen LogP contribution is -2.79. The summed E-state index contributed by atoms with van der Waals surface area (Å²) >= 11 is 0. The van der Waals surface area contributed by atoms with Gasteiger partial charge in [0.2, 0.25) is 23.3 Å². The maximum Gasteiger partial charge on any atom is 0.473 e. The molecule has 1 spiro atoms. The van der Waals surface area contributed by atoms with Crippen LogP contribution in [0.15, 0.2) is 42.5 Å². The molecule has 0 saturated heterocycles. The zero-order chi connectivity index (χ0) is 23.9. The van der Waals surface area contributed by atoms with Gasteiger partial charge in [-0.1, -0.05) is 6.07 Å². The van der Waals surface area contributed by atoms with Gasteiger partial charge in [-0.3, -0.25) is 0 Å². The highest BCUT2D eigenvalue weighted by Gasteiger charge is 2.74. The fraction of sp³-hybridized carbons (Fsp3) is 0.250. The zero-order valence-electron chi connectivity index (χ0n) is 18.2. The van der Waals surface area contributed by atoms with Crippen molar-refractivity contribution in [2.45, 2.75) is 38.0 Å². The first-order valence-electron chi connectivity index (χ1n) is 10.7. The summed E-state index contributed by atoms with van der Waals surface area (Å²) in [6.07, 6.45) is -4.74. The van der Waals surface area contributed by atoms with Crippen LogP contribution in [0.1, 0.15) is 48.0 Å². The Labute approximate surface area is 189 Å². The Balaban J connectivity index is 1.81. The largest absolute Gasteiger partial charge is 0.473 e. The van der Waals surface area contributed by atoms with Crippen LogP contribution in [0.4, 0.5) is 22.0 Å². The second kappa shape index (κ2) is 5.51. The van der Waals surface area contributed by atoms with Crippen LogP contribution < -0.4 is 9.13 Å². The first kappa shape index (κ1) is 19.7. The fourth-order valence-corrected chi connectivity index (χ4v) is 6.21. The van der Waals surface area contributed by atoms with E-state index in [9.17, 15) is 17.6 Å². The van der Waals surface area contributed by atoms with E-state index >= 15 is 4.39 Å². The predicted molar refractivity (Wildman–Crippen MR) is 107 cm³/mol. The van der Waals surface area contributed by atoms with Gasteiger partial charge in [0.1, 0.15) is 22.2 Å². The first-order valence-corrected chi connectivity index (χ1v) is 10.7. The van der Waals surface area contributed by atoms with E-state index in [0.717, 1.165) is 16.3 Å². The number of alkyl halides is 3. The van der Waals surface area contributed by atoms with Gasteiger partial charge >= 0.3 is 17.7 Å². The van der Waals surface area contributed by atoms with Crippen molar-refractivity contribution < 1.29 is 31.1 Å². The molecule has 0 aromatic carbocycles. The molecule has 7 heterocycles. The van der Waals surface area contributed by atoms with E-state index in [2.05, 4.69) is 9.97 Å². The van der Waals surface area contributed by atoms with Gasteiger partial charge in [0.25, 0.3) is 11.5 Å². The Morgan fingerprint density at radius 3 is 2.32 bits per heavy atom. The van der Waals surface area contributed by atoms with Gasteiger partial charge in [-0.2, -0.15) is 36.1 Å². The molecule has 0 aliphatic carbocycles. The van der Waals surface area contributed by atoms with Crippen LogP contribution in [0.2, 0.25) is 0 Å². The third kappa shape index (κ3) is 1.87. The minimum atomic E-state index is -4.74. The smallest absolute Gasteiger partial charge is 0.205 e. The Bertz CT molecular complexity index is 1620. The first-order chi connectivity index (χ1) is 16.0. The number of fused-ring (bicyclic) bond motifs is 4. The predicted octanol–water partition coefficient (Wildman–Crippen LogP) is 3.68. The Kier molecular flexibility index (Phi) is 3.20. The van der Waals surface area contributed by atoms with Crippen LogP contribution in [-0.2, 0) is 17.3 Å². The molecular formula is C24H16F5N5+2. The van der Waals surface area contributed by atoms with Crippen LogP contribution in [-0.4, -0.2) is 14.5 Å². The van der Waals surface area contributed by atoms with Crippen molar-refractivity contribution in [2.24, 2.45) is 0 Å². The average Bonchev–Trinajstić information content (AvgIpc) is 3.36. The number of hydrogen-bond donors (Lipinski definition) is 0. The number of aryl methyl sites for hydroxylation is 1. The molecule has 0 saturated carbocycles. The summed E-state index contributed by atoms with van der Waals surface area (Å²) in [6.45, 7) is 5.42. The number of rotatable bonds is 0. The quantitative estimate of drug-likeness (QED) is 0.194. The summed E-state index contributed by atoms with van der Waals surface area (Å²) in [6, 6.07) is 11.6. The molecule has 3 aliphatic rings. The number of imidazole rings is 1. The summed E-state index contributed by atoms with van der Waals surface area (Å²) in [5, 5.41) is 0. The number of aromatic nitrogens is 5. The molecule has 3 aliphatic heterocycles. The second-order valence-electron chi connectivity index (χ2n) is 9.39. The Hall–Kier alpha value is -3.69. The molecule has 7 rings (SSSR count). The van der Waals surface area contributed by atoms with Crippen molar-refractivity contribution in [3.8, 4) is 17.1 Å². The van der Waals surface area contributed by atoms with Crippen LogP contribution in [0.3, 0.4) is 0 Å². The lowest BCUT2D eigenvalue weighted by atomic mass is 9.79. The van der Waals surface area contributed by atoms with Crippen molar-refractivity contribution in [3.05, 3.63) is 88.5 Å². The van der Waals surface area contributed by atoms with Gasteiger partial charge in [0, 0.05) is 24.3 Å². The van der Waals surface area contributed by atoms with E-state index in [1.54, 1.807) is 28.8 Å². The maximum atomic E-state index is 15.3. The molecule has 5 nitrogen and oxygen atoms in total. The van der Waals surface area contributed by atoms with Gasteiger partial charge in [-0.15, -0.1) is 4.57 Å². The van der Waals surface area contributed by atoms with Crippen molar-refractivity contribution in [1.82, 2.24) is 14.5 Å². The lowest BCUT2D eigenvalue weighted by molar-refractivity contribution is -0.972. The minimum absolute atomic E-state index is 0.0665. The summed E-state index contributed by atoms with van der Waals surface area (Å²) in [5.41, 5.74) is 0.306. The van der Waals surface area contributed by atoms with Gasteiger partial charge < -0.3 is 0 Å².